The van der Waals surface area contributed by atoms with E-state index in [1.807, 2.05) is 0 Å². The van der Waals surface area contributed by atoms with E-state index >= 15 is 0 Å². The maximum absolute atomic E-state index is 3.60. The van der Waals surface area contributed by atoms with Crippen LogP contribution in [-0.2, 0) is 6.42 Å². The highest BCUT2D eigenvalue weighted by atomic mass is 79.9. The van der Waals surface area contributed by atoms with Crippen LogP contribution in [0.4, 0.5) is 0 Å². The minimum atomic E-state index is 0.455. The summed E-state index contributed by atoms with van der Waals surface area (Å²) in [6.07, 6.45) is 0.986. The van der Waals surface area contributed by atoms with Gasteiger partial charge in [0.25, 0.3) is 0 Å². The molecule has 0 saturated heterocycles. The van der Waals surface area contributed by atoms with Gasteiger partial charge < -0.3 is 0 Å². The fourth-order valence-corrected chi connectivity index (χ4v) is 4.18. The Morgan fingerprint density at radius 2 is 1.57 bits per heavy atom. The highest BCUT2D eigenvalue weighted by Gasteiger charge is 2.11. The van der Waals surface area contributed by atoms with Crippen molar-refractivity contribution in [2.75, 3.05) is 5.33 Å². The minimum absolute atomic E-state index is 0.455. The molecule has 0 aliphatic heterocycles. The predicted octanol–water partition coefficient (Wildman–Crippen LogP) is 5.68. The summed E-state index contributed by atoms with van der Waals surface area (Å²) in [4.78, 5) is 0.455. The van der Waals surface area contributed by atoms with Crippen LogP contribution >= 0.6 is 79.6 Å². The third-order valence-electron chi connectivity index (χ3n) is 1.70. The molecule has 78 valence electrons. The summed E-state index contributed by atoms with van der Waals surface area (Å²) in [7, 11) is 0. The van der Waals surface area contributed by atoms with Gasteiger partial charge in [-0.05, 0) is 24.1 Å². The standard InChI is InChI=1S/C9H7Br5/c10-4-6(12)1-7-8(13)2-5(11)3-9(7)14/h2-3,6H,1,4H2. The molecule has 1 aromatic carbocycles. The van der Waals surface area contributed by atoms with Gasteiger partial charge >= 0.3 is 0 Å². The van der Waals surface area contributed by atoms with Gasteiger partial charge in [-0.1, -0.05) is 79.6 Å². The topological polar surface area (TPSA) is 0 Å². The Balaban J connectivity index is 2.96. The number of alkyl halides is 2. The van der Waals surface area contributed by atoms with Crippen LogP contribution in [0.1, 0.15) is 5.56 Å². The van der Waals surface area contributed by atoms with Gasteiger partial charge in [0.2, 0.25) is 0 Å². The van der Waals surface area contributed by atoms with Crippen LogP contribution in [0.25, 0.3) is 0 Å². The van der Waals surface area contributed by atoms with Gasteiger partial charge in [0.15, 0.2) is 0 Å². The number of hydrogen-bond donors (Lipinski definition) is 0. The molecular formula is C9H7Br5. The smallest absolute Gasteiger partial charge is 0.0283 e. The van der Waals surface area contributed by atoms with E-state index in [2.05, 4.69) is 91.8 Å². The summed E-state index contributed by atoms with van der Waals surface area (Å²) in [5.41, 5.74) is 1.29. The van der Waals surface area contributed by atoms with Gasteiger partial charge in [0.05, 0.1) is 0 Å². The Labute approximate surface area is 126 Å². The number of hydrogen-bond acceptors (Lipinski definition) is 0. The van der Waals surface area contributed by atoms with Crippen LogP contribution in [0.3, 0.4) is 0 Å². The fourth-order valence-electron chi connectivity index (χ4n) is 1.04. The average Bonchev–Trinajstić information content (AvgIpc) is 2.10. The summed E-state index contributed by atoms with van der Waals surface area (Å²) in [6, 6.07) is 4.13. The lowest BCUT2D eigenvalue weighted by molar-refractivity contribution is 0.964. The van der Waals surface area contributed by atoms with Crippen molar-refractivity contribution in [3.05, 3.63) is 31.1 Å². The van der Waals surface area contributed by atoms with E-state index in [-0.39, 0.29) is 0 Å². The third kappa shape index (κ3) is 3.89. The molecule has 5 heteroatoms. The third-order valence-corrected chi connectivity index (χ3v) is 5.87. The molecule has 1 aromatic rings. The van der Waals surface area contributed by atoms with Crippen LogP contribution in [0, 0.1) is 0 Å². The Kier molecular flexibility index (Phi) is 6.23. The normalized spacial score (nSPS) is 12.9. The molecule has 0 fully saturated rings. The second-order valence-corrected chi connectivity index (χ2v) is 7.37. The molecule has 1 rings (SSSR count). The van der Waals surface area contributed by atoms with Crippen molar-refractivity contribution in [3.63, 3.8) is 0 Å². The largest absolute Gasteiger partial charge is 0.0916 e. The van der Waals surface area contributed by atoms with E-state index in [1.54, 1.807) is 0 Å². The first kappa shape index (κ1) is 13.7. The number of benzene rings is 1. The van der Waals surface area contributed by atoms with Crippen LogP contribution in [0.15, 0.2) is 25.6 Å². The fraction of sp³-hybridized carbons (Fsp3) is 0.333. The molecule has 14 heavy (non-hydrogen) atoms. The van der Waals surface area contributed by atoms with Crippen molar-refractivity contribution in [2.24, 2.45) is 0 Å². The van der Waals surface area contributed by atoms with E-state index in [0.717, 1.165) is 25.2 Å². The van der Waals surface area contributed by atoms with Crippen molar-refractivity contribution >= 4 is 79.6 Å². The van der Waals surface area contributed by atoms with E-state index < -0.39 is 0 Å². The van der Waals surface area contributed by atoms with Gasteiger partial charge in [0.1, 0.15) is 0 Å². The molecule has 0 saturated carbocycles. The molecule has 0 aliphatic carbocycles. The van der Waals surface area contributed by atoms with Crippen molar-refractivity contribution in [2.45, 2.75) is 11.2 Å². The van der Waals surface area contributed by atoms with Gasteiger partial charge in [0, 0.05) is 23.6 Å². The first-order chi connectivity index (χ1) is 6.54. The van der Waals surface area contributed by atoms with Crippen molar-refractivity contribution in [1.82, 2.24) is 0 Å². The summed E-state index contributed by atoms with van der Waals surface area (Å²) in [5, 5.41) is 0.946. The second kappa shape index (κ2) is 6.38. The average molecular weight is 515 g/mol. The predicted molar refractivity (Wildman–Crippen MR) is 79.8 cm³/mol. The monoisotopic (exact) mass is 510 g/mol. The van der Waals surface area contributed by atoms with Gasteiger partial charge in [-0.3, -0.25) is 0 Å². The molecule has 0 amide bonds. The first-order valence-electron chi connectivity index (χ1n) is 3.88. The second-order valence-electron chi connectivity index (χ2n) is 2.80. The molecule has 0 spiro atoms. The highest BCUT2D eigenvalue weighted by Crippen LogP contribution is 2.31. The maximum atomic E-state index is 3.60. The van der Waals surface area contributed by atoms with Gasteiger partial charge in [-0.15, -0.1) is 0 Å². The lowest BCUT2D eigenvalue weighted by atomic mass is 10.1. The van der Waals surface area contributed by atoms with Crippen molar-refractivity contribution in [3.8, 4) is 0 Å². The lowest BCUT2D eigenvalue weighted by Crippen LogP contribution is -2.05. The lowest BCUT2D eigenvalue weighted by Gasteiger charge is -2.11. The maximum Gasteiger partial charge on any atom is 0.0283 e. The molecule has 0 radical (unpaired) electrons. The van der Waals surface area contributed by atoms with E-state index in [0.29, 0.717) is 4.83 Å². The molecule has 0 aliphatic rings. The highest BCUT2D eigenvalue weighted by molar-refractivity contribution is 9.12. The van der Waals surface area contributed by atoms with Gasteiger partial charge in [-0.2, -0.15) is 0 Å². The van der Waals surface area contributed by atoms with Crippen LogP contribution in [0.2, 0.25) is 0 Å². The zero-order chi connectivity index (χ0) is 10.7. The summed E-state index contributed by atoms with van der Waals surface area (Å²) < 4.78 is 3.33. The molecule has 1 atom stereocenters. The Hall–Kier alpha value is 1.62. The molecule has 0 aromatic heterocycles. The molecular weight excluding hydrogens is 508 g/mol. The molecule has 0 heterocycles. The van der Waals surface area contributed by atoms with Crippen LogP contribution < -0.4 is 0 Å². The Morgan fingerprint density at radius 1 is 1.07 bits per heavy atom. The zero-order valence-corrected chi connectivity index (χ0v) is 15.0. The Bertz CT molecular complexity index is 300. The van der Waals surface area contributed by atoms with E-state index in [1.165, 1.54) is 5.56 Å². The first-order valence-corrected chi connectivity index (χ1v) is 8.29. The summed E-state index contributed by atoms with van der Waals surface area (Å²) >= 11 is 17.6. The van der Waals surface area contributed by atoms with Crippen LogP contribution in [0.5, 0.6) is 0 Å². The number of rotatable bonds is 3. The van der Waals surface area contributed by atoms with Gasteiger partial charge in [-0.25, -0.2) is 0 Å². The zero-order valence-electron chi connectivity index (χ0n) is 7.04. The molecule has 0 N–H and O–H groups in total. The van der Waals surface area contributed by atoms with Crippen molar-refractivity contribution in [1.29, 1.82) is 0 Å². The summed E-state index contributed by atoms with van der Waals surface area (Å²) in [5.74, 6) is 0. The quantitative estimate of drug-likeness (QED) is 0.456. The minimum Gasteiger partial charge on any atom is -0.0916 e. The molecule has 1 unspecified atom stereocenters. The molecule has 0 nitrogen and oxygen atoms in total. The Morgan fingerprint density at radius 3 is 2.00 bits per heavy atom. The summed E-state index contributed by atoms with van der Waals surface area (Å²) in [6.45, 7) is 0. The number of halogens is 5. The van der Waals surface area contributed by atoms with Crippen molar-refractivity contribution < 1.29 is 0 Å². The SMILES string of the molecule is BrCC(Br)Cc1c(Br)cc(Br)cc1Br. The van der Waals surface area contributed by atoms with Crippen LogP contribution in [-0.4, -0.2) is 10.2 Å². The van der Waals surface area contributed by atoms with E-state index in [4.69, 9.17) is 0 Å². The molecule has 0 bridgehead atoms. The van der Waals surface area contributed by atoms with E-state index in [9.17, 15) is 0 Å².